The van der Waals surface area contributed by atoms with Gasteiger partial charge in [0.15, 0.2) is 0 Å². The van der Waals surface area contributed by atoms with Crippen molar-refractivity contribution in [2.24, 2.45) is 28.6 Å². The lowest BCUT2D eigenvalue weighted by molar-refractivity contribution is -0.00933. The van der Waals surface area contributed by atoms with Gasteiger partial charge in [0, 0.05) is 6.07 Å². The van der Waals surface area contributed by atoms with Crippen LogP contribution < -0.4 is 4.43 Å². The Bertz CT molecular complexity index is 720. The van der Waals surface area contributed by atoms with E-state index in [1.165, 1.54) is 43.2 Å². The van der Waals surface area contributed by atoms with Gasteiger partial charge in [-0.2, -0.15) is 0 Å². The van der Waals surface area contributed by atoms with Crippen molar-refractivity contribution in [1.29, 1.82) is 0 Å². The number of hydrogen-bond acceptors (Lipinski definition) is 2. The fourth-order valence-corrected chi connectivity index (χ4v) is 8.00. The number of hydrogen-bond donors (Lipinski definition) is 1. The van der Waals surface area contributed by atoms with E-state index in [-0.39, 0.29) is 0 Å². The molecule has 0 spiro atoms. The lowest BCUT2D eigenvalue weighted by atomic mass is 9.52. The van der Waals surface area contributed by atoms with E-state index in [1.54, 1.807) is 0 Å². The van der Waals surface area contributed by atoms with E-state index in [0.29, 0.717) is 22.5 Å². The van der Waals surface area contributed by atoms with Crippen LogP contribution in [0.3, 0.4) is 0 Å². The number of benzene rings is 1. The zero-order valence-electron chi connectivity index (χ0n) is 18.1. The van der Waals surface area contributed by atoms with E-state index < -0.39 is 9.04 Å². The van der Waals surface area contributed by atoms with Crippen molar-refractivity contribution in [2.75, 3.05) is 0 Å². The fourth-order valence-electron chi connectivity index (χ4n) is 7.39. The summed E-state index contributed by atoms with van der Waals surface area (Å²) in [4.78, 5) is 0. The summed E-state index contributed by atoms with van der Waals surface area (Å²) in [7, 11) is -0.841. The number of phenols is 1. The van der Waals surface area contributed by atoms with Crippen LogP contribution in [-0.4, -0.2) is 14.1 Å². The Balaban J connectivity index is 1.71. The van der Waals surface area contributed by atoms with Crippen molar-refractivity contribution in [3.63, 3.8) is 0 Å². The summed E-state index contributed by atoms with van der Waals surface area (Å²) in [6.07, 6.45) is 7.82. The van der Waals surface area contributed by atoms with Crippen molar-refractivity contribution in [3.8, 4) is 11.5 Å². The normalized spacial score (nSPS) is 35.5. The number of fused-ring (bicyclic) bond motifs is 5. The van der Waals surface area contributed by atoms with Crippen LogP contribution in [0.1, 0.15) is 76.8 Å². The number of phenolic OH excluding ortho intramolecular Hbond substituents is 1. The van der Waals surface area contributed by atoms with Gasteiger partial charge >= 0.3 is 0 Å². The molecule has 1 aromatic carbocycles. The van der Waals surface area contributed by atoms with Gasteiger partial charge in [0.2, 0.25) is 0 Å². The maximum absolute atomic E-state index is 10.2. The first-order valence-electron chi connectivity index (χ1n) is 10.9. The SMILES string of the molecule is C[Si](C)Oc1cc(O)cc2c1[C@H]1CC[C@]3(C)C(C(C)(C)C)CC[C@H]3[C@@H]1CC2. The first-order valence-corrected chi connectivity index (χ1v) is 13.4. The molecule has 5 atom stereocenters. The number of rotatable bonds is 2. The van der Waals surface area contributed by atoms with Crippen LogP contribution >= 0.6 is 0 Å². The molecule has 0 aromatic heterocycles. The molecule has 2 nitrogen and oxygen atoms in total. The molecule has 0 saturated heterocycles. The van der Waals surface area contributed by atoms with E-state index in [0.717, 1.165) is 29.9 Å². The molecule has 0 heterocycles. The lowest BCUT2D eigenvalue weighted by Gasteiger charge is -2.53. The zero-order chi connectivity index (χ0) is 19.6. The van der Waals surface area contributed by atoms with Gasteiger partial charge in [-0.05, 0) is 103 Å². The highest BCUT2D eigenvalue weighted by atomic mass is 28.3. The number of aromatic hydroxyl groups is 1. The first-order chi connectivity index (χ1) is 12.6. The van der Waals surface area contributed by atoms with Crippen LogP contribution in [0.4, 0.5) is 0 Å². The van der Waals surface area contributed by atoms with E-state index in [2.05, 4.69) is 40.8 Å². The molecule has 3 heteroatoms. The van der Waals surface area contributed by atoms with E-state index >= 15 is 0 Å². The van der Waals surface area contributed by atoms with Crippen LogP contribution in [0.2, 0.25) is 13.1 Å². The Hall–Kier alpha value is -0.963. The van der Waals surface area contributed by atoms with Gasteiger partial charge in [-0.15, -0.1) is 0 Å². The molecule has 149 valence electrons. The van der Waals surface area contributed by atoms with Crippen LogP contribution in [0.15, 0.2) is 12.1 Å². The van der Waals surface area contributed by atoms with Gasteiger partial charge in [-0.25, -0.2) is 0 Å². The molecule has 0 bridgehead atoms. The second kappa shape index (κ2) is 6.54. The molecule has 2 fully saturated rings. The molecule has 1 N–H and O–H groups in total. The predicted molar refractivity (Wildman–Crippen MR) is 114 cm³/mol. The molecule has 4 rings (SSSR count). The monoisotopic (exact) mass is 385 g/mol. The third kappa shape index (κ3) is 3.14. The molecular formula is C24H37O2Si. The van der Waals surface area contributed by atoms with E-state index in [9.17, 15) is 5.11 Å². The van der Waals surface area contributed by atoms with Gasteiger partial charge in [-0.3, -0.25) is 0 Å². The smallest absolute Gasteiger partial charge is 0.274 e. The van der Waals surface area contributed by atoms with Crippen LogP contribution in [0.5, 0.6) is 11.5 Å². The van der Waals surface area contributed by atoms with Gasteiger partial charge in [0.05, 0.1) is 0 Å². The van der Waals surface area contributed by atoms with Gasteiger partial charge in [0.25, 0.3) is 9.04 Å². The first kappa shape index (κ1) is 19.4. The summed E-state index contributed by atoms with van der Waals surface area (Å²) in [6.45, 7) is 14.3. The predicted octanol–water partition coefficient (Wildman–Crippen LogP) is 6.54. The largest absolute Gasteiger partial charge is 0.542 e. The van der Waals surface area contributed by atoms with Crippen molar-refractivity contribution < 1.29 is 9.53 Å². The average Bonchev–Trinajstić information content (AvgIpc) is 2.91. The summed E-state index contributed by atoms with van der Waals surface area (Å²) >= 11 is 0. The van der Waals surface area contributed by atoms with Crippen molar-refractivity contribution in [1.82, 2.24) is 0 Å². The Labute approximate surface area is 167 Å². The molecule has 0 aliphatic heterocycles. The summed E-state index contributed by atoms with van der Waals surface area (Å²) < 4.78 is 6.30. The molecule has 1 radical (unpaired) electrons. The fraction of sp³-hybridized carbons (Fsp3) is 0.750. The summed E-state index contributed by atoms with van der Waals surface area (Å²) in [5.41, 5.74) is 3.71. The van der Waals surface area contributed by atoms with E-state index in [1.807, 2.05) is 12.1 Å². The second-order valence-electron chi connectivity index (χ2n) is 11.0. The molecule has 27 heavy (non-hydrogen) atoms. The summed E-state index contributed by atoms with van der Waals surface area (Å²) in [6, 6.07) is 3.90. The third-order valence-corrected chi connectivity index (χ3v) is 8.76. The average molecular weight is 386 g/mol. The summed E-state index contributed by atoms with van der Waals surface area (Å²) in [5.74, 6) is 4.48. The summed E-state index contributed by atoms with van der Waals surface area (Å²) in [5, 5.41) is 10.2. The Morgan fingerprint density at radius 1 is 1.11 bits per heavy atom. The lowest BCUT2D eigenvalue weighted by Crippen LogP contribution is -2.45. The molecule has 0 amide bonds. The quantitative estimate of drug-likeness (QED) is 0.586. The van der Waals surface area contributed by atoms with Gasteiger partial charge < -0.3 is 9.53 Å². The second-order valence-corrected chi connectivity index (χ2v) is 13.0. The molecule has 1 aromatic rings. The highest BCUT2D eigenvalue weighted by Crippen LogP contribution is 2.66. The molecule has 1 unspecified atom stereocenters. The van der Waals surface area contributed by atoms with E-state index in [4.69, 9.17) is 4.43 Å². The molecule has 3 aliphatic carbocycles. The van der Waals surface area contributed by atoms with Crippen LogP contribution in [0.25, 0.3) is 0 Å². The Morgan fingerprint density at radius 3 is 2.52 bits per heavy atom. The topological polar surface area (TPSA) is 29.5 Å². The van der Waals surface area contributed by atoms with Crippen molar-refractivity contribution in [3.05, 3.63) is 23.3 Å². The maximum Gasteiger partial charge on any atom is 0.274 e. The minimum atomic E-state index is -0.841. The molecule has 3 aliphatic rings. The molecule has 2 saturated carbocycles. The van der Waals surface area contributed by atoms with Crippen molar-refractivity contribution >= 4 is 9.04 Å². The number of aryl methyl sites for hydroxylation is 1. The Kier molecular flexibility index (Phi) is 4.69. The highest BCUT2D eigenvalue weighted by Gasteiger charge is 2.57. The third-order valence-electron chi connectivity index (χ3n) is 8.13. The zero-order valence-corrected chi connectivity index (χ0v) is 19.1. The Morgan fingerprint density at radius 2 is 1.85 bits per heavy atom. The minimum absolute atomic E-state index is 0.375. The maximum atomic E-state index is 10.2. The standard InChI is InChI=1S/C24H37O2Si/c1-23(2,3)21-10-9-19-17-8-7-15-13-16(25)14-20(26-27(5)6)22(15)18(17)11-12-24(19,21)4/h13-14,17-19,21,25H,7-12H2,1-6H3/t17-,18+,19+,21?,24+/m1/s1. The molecular weight excluding hydrogens is 348 g/mol. The minimum Gasteiger partial charge on any atom is -0.542 e. The van der Waals surface area contributed by atoms with Gasteiger partial charge in [-0.1, -0.05) is 27.7 Å². The highest BCUT2D eigenvalue weighted by molar-refractivity contribution is 6.49. The van der Waals surface area contributed by atoms with Crippen molar-refractivity contribution in [2.45, 2.75) is 85.2 Å². The van der Waals surface area contributed by atoms with Crippen LogP contribution in [-0.2, 0) is 6.42 Å². The van der Waals surface area contributed by atoms with Crippen LogP contribution in [0, 0.1) is 28.6 Å². The van der Waals surface area contributed by atoms with Gasteiger partial charge in [0.1, 0.15) is 11.5 Å².